The summed E-state index contributed by atoms with van der Waals surface area (Å²) in [5.74, 6) is 0.391. The second-order valence-corrected chi connectivity index (χ2v) is 13.7. The Hall–Kier alpha value is -0.413. The molecule has 1 aromatic rings. The van der Waals surface area contributed by atoms with Crippen molar-refractivity contribution in [1.82, 2.24) is 0 Å². The van der Waals surface area contributed by atoms with Gasteiger partial charge in [-0.3, -0.25) is 0 Å². The SMILES string of the molecule is CCCCC[Si]1CCC(CCCCC2(c3ccc(Cl)c(F)c3CF)CCCCC2)CC1. The van der Waals surface area contributed by atoms with Crippen LogP contribution in [0.4, 0.5) is 8.78 Å². The Balaban J connectivity index is 1.51. The number of alkyl halides is 1. The van der Waals surface area contributed by atoms with Crippen LogP contribution in [0.15, 0.2) is 12.1 Å². The molecule has 0 amide bonds. The highest BCUT2D eigenvalue weighted by Crippen LogP contribution is 2.46. The van der Waals surface area contributed by atoms with Gasteiger partial charge in [-0.2, -0.15) is 0 Å². The maximum atomic E-state index is 14.6. The normalized spacial score (nSPS) is 20.3. The molecule has 1 aliphatic carbocycles. The molecule has 3 rings (SSSR count). The molecule has 1 heterocycles. The first-order valence-electron chi connectivity index (χ1n) is 13.0. The van der Waals surface area contributed by atoms with Crippen molar-refractivity contribution in [2.24, 2.45) is 5.92 Å². The van der Waals surface area contributed by atoms with Gasteiger partial charge in [-0.05, 0) is 42.2 Å². The Labute approximate surface area is 196 Å². The van der Waals surface area contributed by atoms with Gasteiger partial charge in [0, 0.05) is 14.4 Å². The van der Waals surface area contributed by atoms with Crippen LogP contribution in [0.2, 0.25) is 23.2 Å². The third kappa shape index (κ3) is 6.79. The van der Waals surface area contributed by atoms with E-state index in [0.29, 0.717) is 0 Å². The molecule has 1 aliphatic heterocycles. The second kappa shape index (κ2) is 12.7. The first-order chi connectivity index (χ1) is 15.1. The van der Waals surface area contributed by atoms with Crippen molar-refractivity contribution < 1.29 is 8.78 Å². The predicted octanol–water partition coefficient (Wildman–Crippen LogP) is 9.81. The van der Waals surface area contributed by atoms with E-state index in [1.807, 2.05) is 6.07 Å². The highest BCUT2D eigenvalue weighted by atomic mass is 35.5. The first-order valence-corrected chi connectivity index (χ1v) is 15.5. The Kier molecular flexibility index (Phi) is 10.4. The van der Waals surface area contributed by atoms with Gasteiger partial charge in [0.05, 0.1) is 5.02 Å². The van der Waals surface area contributed by atoms with Gasteiger partial charge in [0.15, 0.2) is 0 Å². The van der Waals surface area contributed by atoms with Crippen molar-refractivity contribution >= 4 is 20.4 Å². The maximum absolute atomic E-state index is 14.6. The first kappa shape index (κ1) is 25.2. The van der Waals surface area contributed by atoms with E-state index >= 15 is 0 Å². The molecule has 1 aromatic carbocycles. The lowest BCUT2D eigenvalue weighted by Crippen LogP contribution is -2.31. The van der Waals surface area contributed by atoms with Crippen molar-refractivity contribution in [1.29, 1.82) is 0 Å². The molecule has 1 radical (unpaired) electrons. The molecule has 0 spiro atoms. The number of benzene rings is 1. The van der Waals surface area contributed by atoms with E-state index in [-0.39, 0.29) is 24.8 Å². The predicted molar refractivity (Wildman–Crippen MR) is 132 cm³/mol. The van der Waals surface area contributed by atoms with Crippen molar-refractivity contribution in [3.63, 3.8) is 0 Å². The molecule has 0 unspecified atom stereocenters. The van der Waals surface area contributed by atoms with Gasteiger partial charge in [-0.25, -0.2) is 8.78 Å². The third-order valence-corrected chi connectivity index (χ3v) is 11.5. The summed E-state index contributed by atoms with van der Waals surface area (Å²) in [6, 6.07) is 8.18. The second-order valence-electron chi connectivity index (χ2n) is 10.3. The van der Waals surface area contributed by atoms with Crippen LogP contribution in [-0.2, 0) is 12.1 Å². The minimum absolute atomic E-state index is 0.0420. The van der Waals surface area contributed by atoms with E-state index < -0.39 is 12.5 Å². The van der Waals surface area contributed by atoms with E-state index in [4.69, 9.17) is 11.6 Å². The molecule has 0 bridgehead atoms. The van der Waals surface area contributed by atoms with Crippen molar-refractivity contribution in [2.45, 2.75) is 127 Å². The zero-order valence-electron chi connectivity index (χ0n) is 19.6. The highest BCUT2D eigenvalue weighted by Gasteiger charge is 2.36. The van der Waals surface area contributed by atoms with Crippen LogP contribution in [0.25, 0.3) is 0 Å². The van der Waals surface area contributed by atoms with E-state index in [0.717, 1.165) is 30.7 Å². The molecule has 1 saturated heterocycles. The molecule has 0 aromatic heterocycles. The van der Waals surface area contributed by atoms with Crippen LogP contribution in [0.3, 0.4) is 0 Å². The molecule has 0 nitrogen and oxygen atoms in total. The van der Waals surface area contributed by atoms with E-state index in [1.165, 1.54) is 82.7 Å². The summed E-state index contributed by atoms with van der Waals surface area (Å²) in [5, 5.41) is 0.0512. The molecule has 31 heavy (non-hydrogen) atoms. The van der Waals surface area contributed by atoms with E-state index in [1.54, 1.807) is 12.1 Å². The molecule has 0 N–H and O–H groups in total. The number of unbranched alkanes of at least 4 members (excludes halogenated alkanes) is 3. The van der Waals surface area contributed by atoms with Gasteiger partial charge in [0.1, 0.15) is 12.5 Å². The van der Waals surface area contributed by atoms with Crippen LogP contribution in [0.1, 0.15) is 108 Å². The summed E-state index contributed by atoms with van der Waals surface area (Å²) in [6.07, 6.45) is 17.7. The minimum Gasteiger partial charge on any atom is -0.246 e. The lowest BCUT2D eigenvalue weighted by molar-refractivity contribution is 0.257. The van der Waals surface area contributed by atoms with Crippen LogP contribution in [-0.4, -0.2) is 8.80 Å². The Morgan fingerprint density at radius 2 is 1.77 bits per heavy atom. The molecular formula is C27H42ClF2Si. The monoisotopic (exact) mass is 467 g/mol. The zero-order chi connectivity index (χ0) is 22.1. The average molecular weight is 468 g/mol. The molecule has 2 fully saturated rings. The minimum atomic E-state index is -0.756. The van der Waals surface area contributed by atoms with Crippen molar-refractivity contribution in [3.05, 3.63) is 34.1 Å². The Bertz CT molecular complexity index is 663. The van der Waals surface area contributed by atoms with Gasteiger partial charge < -0.3 is 0 Å². The van der Waals surface area contributed by atoms with Gasteiger partial charge >= 0.3 is 0 Å². The lowest BCUT2D eigenvalue weighted by Gasteiger charge is -2.39. The lowest BCUT2D eigenvalue weighted by atomic mass is 9.65. The number of hydrogen-bond donors (Lipinski definition) is 0. The van der Waals surface area contributed by atoms with Crippen LogP contribution >= 0.6 is 11.6 Å². The van der Waals surface area contributed by atoms with E-state index in [2.05, 4.69) is 6.92 Å². The molecule has 175 valence electrons. The topological polar surface area (TPSA) is 0 Å². The molecule has 2 aliphatic rings. The summed E-state index contributed by atoms with van der Waals surface area (Å²) in [4.78, 5) is 0. The van der Waals surface area contributed by atoms with Gasteiger partial charge in [0.25, 0.3) is 0 Å². The largest absolute Gasteiger partial charge is 0.246 e. The molecule has 0 atom stereocenters. The Morgan fingerprint density at radius 1 is 1.03 bits per heavy atom. The van der Waals surface area contributed by atoms with Crippen LogP contribution in [0, 0.1) is 11.7 Å². The molecular weight excluding hydrogens is 426 g/mol. The number of hydrogen-bond acceptors (Lipinski definition) is 0. The summed E-state index contributed by atoms with van der Waals surface area (Å²) in [6.45, 7) is 1.54. The number of rotatable bonds is 11. The fourth-order valence-corrected chi connectivity index (χ4v) is 9.56. The molecule has 1 saturated carbocycles. The van der Waals surface area contributed by atoms with E-state index in [9.17, 15) is 8.78 Å². The summed E-state index contributed by atoms with van der Waals surface area (Å²) >= 11 is 5.97. The van der Waals surface area contributed by atoms with Crippen molar-refractivity contribution in [3.8, 4) is 0 Å². The smallest absolute Gasteiger partial charge is 0.147 e. The summed E-state index contributed by atoms with van der Waals surface area (Å²) < 4.78 is 28.4. The van der Waals surface area contributed by atoms with Crippen LogP contribution < -0.4 is 0 Å². The van der Waals surface area contributed by atoms with Gasteiger partial charge in [0.2, 0.25) is 0 Å². The standard InChI is InChI=1S/C27H42ClF2Si/c1-2-3-9-18-31-19-13-22(14-20-31)10-5-8-17-27(15-6-4-7-16-27)24-11-12-25(28)26(30)23(24)21-29/h11-12,22H,2-10,13-21H2,1H3. The average Bonchev–Trinajstić information content (AvgIpc) is 2.80. The van der Waals surface area contributed by atoms with Gasteiger partial charge in [-0.15, -0.1) is 0 Å². The van der Waals surface area contributed by atoms with Crippen LogP contribution in [0.5, 0.6) is 0 Å². The third-order valence-electron chi connectivity index (χ3n) is 8.18. The Morgan fingerprint density at radius 3 is 2.45 bits per heavy atom. The quantitative estimate of drug-likeness (QED) is 0.224. The zero-order valence-corrected chi connectivity index (χ0v) is 21.3. The summed E-state index contributed by atoms with van der Waals surface area (Å²) in [5.41, 5.74) is 1.08. The highest BCUT2D eigenvalue weighted by molar-refractivity contribution is 6.58. The maximum Gasteiger partial charge on any atom is 0.147 e. The molecule has 4 heteroatoms. The fourth-order valence-electron chi connectivity index (χ4n) is 6.25. The van der Waals surface area contributed by atoms with Gasteiger partial charge in [-0.1, -0.05) is 113 Å². The van der Waals surface area contributed by atoms with Crippen molar-refractivity contribution in [2.75, 3.05) is 0 Å². The number of halogens is 3. The summed E-state index contributed by atoms with van der Waals surface area (Å²) in [7, 11) is -0.0420. The fraction of sp³-hybridized carbons (Fsp3) is 0.778.